The van der Waals surface area contributed by atoms with Crippen LogP contribution < -0.4 is 5.32 Å². The van der Waals surface area contributed by atoms with Crippen LogP contribution in [0.2, 0.25) is 5.02 Å². The first-order valence-electron chi connectivity index (χ1n) is 8.23. The molecular formula is C18H27ClN2. The minimum absolute atomic E-state index is 0.193. The molecule has 0 amide bonds. The minimum atomic E-state index is 0.193. The molecule has 2 nitrogen and oxygen atoms in total. The summed E-state index contributed by atoms with van der Waals surface area (Å²) in [7, 11) is 4.43. The fourth-order valence-corrected chi connectivity index (χ4v) is 4.37. The van der Waals surface area contributed by atoms with E-state index in [4.69, 9.17) is 11.6 Å². The smallest absolute Gasteiger partial charge is 0.0464 e. The Hall–Kier alpha value is -0.570. The third-order valence-electron chi connectivity index (χ3n) is 5.74. The molecule has 1 N–H and O–H groups in total. The Labute approximate surface area is 133 Å². The van der Waals surface area contributed by atoms with Crippen molar-refractivity contribution < 1.29 is 0 Å². The van der Waals surface area contributed by atoms with Crippen molar-refractivity contribution in [3.8, 4) is 0 Å². The molecule has 0 bridgehead atoms. The summed E-state index contributed by atoms with van der Waals surface area (Å²) in [5.41, 5.74) is 1.64. The van der Waals surface area contributed by atoms with Gasteiger partial charge in [0, 0.05) is 22.6 Å². The predicted molar refractivity (Wildman–Crippen MR) is 89.8 cm³/mol. The van der Waals surface area contributed by atoms with Gasteiger partial charge in [0.2, 0.25) is 0 Å². The van der Waals surface area contributed by atoms with Crippen molar-refractivity contribution in [2.45, 2.75) is 56.7 Å². The maximum atomic E-state index is 6.10. The number of rotatable bonds is 4. The molecular weight excluding hydrogens is 280 g/mol. The van der Waals surface area contributed by atoms with E-state index >= 15 is 0 Å². The summed E-state index contributed by atoms with van der Waals surface area (Å²) in [5, 5.41) is 4.33. The maximum absolute atomic E-state index is 6.10. The van der Waals surface area contributed by atoms with Crippen molar-refractivity contribution in [3.63, 3.8) is 0 Å². The van der Waals surface area contributed by atoms with E-state index in [9.17, 15) is 0 Å². The average molecular weight is 307 g/mol. The van der Waals surface area contributed by atoms with Crippen molar-refractivity contribution >= 4 is 11.6 Å². The fraction of sp³-hybridized carbons (Fsp3) is 0.667. The molecule has 2 saturated carbocycles. The van der Waals surface area contributed by atoms with E-state index in [-0.39, 0.29) is 5.54 Å². The number of nitrogens with zero attached hydrogens (tertiary/aromatic N) is 1. The first kappa shape index (κ1) is 15.3. The van der Waals surface area contributed by atoms with Gasteiger partial charge in [-0.1, -0.05) is 30.7 Å². The molecule has 0 spiro atoms. The first-order chi connectivity index (χ1) is 10.1. The molecule has 1 aromatic rings. The molecule has 0 radical (unpaired) electrons. The van der Waals surface area contributed by atoms with Crippen LogP contribution in [0.4, 0.5) is 0 Å². The Morgan fingerprint density at radius 2 is 1.86 bits per heavy atom. The Bertz CT molecular complexity index is 482. The van der Waals surface area contributed by atoms with Crippen LogP contribution in [-0.4, -0.2) is 31.1 Å². The van der Waals surface area contributed by atoms with E-state index in [0.29, 0.717) is 12.0 Å². The van der Waals surface area contributed by atoms with Gasteiger partial charge in [0.05, 0.1) is 0 Å². The number of hydrogen-bond acceptors (Lipinski definition) is 2. The molecule has 2 aliphatic rings. The molecule has 1 aromatic carbocycles. The van der Waals surface area contributed by atoms with Gasteiger partial charge in [-0.2, -0.15) is 0 Å². The average Bonchev–Trinajstić information content (AvgIpc) is 3.31. The fourth-order valence-electron chi connectivity index (χ4n) is 4.24. The number of halogens is 1. The van der Waals surface area contributed by atoms with Crippen molar-refractivity contribution in [1.29, 1.82) is 0 Å². The highest BCUT2D eigenvalue weighted by molar-refractivity contribution is 6.30. The molecule has 0 saturated heterocycles. The Kier molecular flexibility index (Phi) is 4.31. The standard InChI is InChI=1S/C18H27ClN2/c1-13-12-18(11-10-17(13)20-2,21(3)16-8-9-16)14-4-6-15(19)7-5-14/h4-7,13,16-17,20H,8-12H2,1-3H3. The van der Waals surface area contributed by atoms with Gasteiger partial charge < -0.3 is 5.32 Å². The van der Waals surface area contributed by atoms with E-state index in [2.05, 4.69) is 43.4 Å². The van der Waals surface area contributed by atoms with E-state index < -0.39 is 0 Å². The van der Waals surface area contributed by atoms with Crippen LogP contribution in [-0.2, 0) is 5.54 Å². The summed E-state index contributed by atoms with van der Waals surface area (Å²) < 4.78 is 0. The summed E-state index contributed by atoms with van der Waals surface area (Å²) in [6.07, 6.45) is 6.42. The summed E-state index contributed by atoms with van der Waals surface area (Å²) >= 11 is 6.10. The van der Waals surface area contributed by atoms with Gasteiger partial charge in [-0.05, 0) is 69.8 Å². The summed E-state index contributed by atoms with van der Waals surface area (Å²) in [4.78, 5) is 2.67. The predicted octanol–water partition coefficient (Wildman–Crippen LogP) is 4.04. The molecule has 3 atom stereocenters. The normalized spacial score (nSPS) is 33.4. The zero-order valence-corrected chi connectivity index (χ0v) is 14.2. The molecule has 116 valence electrons. The SMILES string of the molecule is CNC1CCC(c2ccc(Cl)cc2)(N(C)C2CC2)CC1C. The van der Waals surface area contributed by atoms with E-state index in [1.165, 1.54) is 37.7 Å². The molecule has 0 heterocycles. The lowest BCUT2D eigenvalue weighted by Crippen LogP contribution is -2.52. The molecule has 21 heavy (non-hydrogen) atoms. The van der Waals surface area contributed by atoms with Crippen molar-refractivity contribution in [1.82, 2.24) is 10.2 Å². The molecule has 0 aromatic heterocycles. The minimum Gasteiger partial charge on any atom is -0.317 e. The second kappa shape index (κ2) is 5.91. The zero-order valence-electron chi connectivity index (χ0n) is 13.4. The molecule has 3 rings (SSSR count). The Morgan fingerprint density at radius 1 is 1.19 bits per heavy atom. The molecule has 2 aliphatic carbocycles. The van der Waals surface area contributed by atoms with Gasteiger partial charge in [-0.3, -0.25) is 4.90 Å². The number of hydrogen-bond donors (Lipinski definition) is 1. The van der Waals surface area contributed by atoms with Gasteiger partial charge >= 0.3 is 0 Å². The van der Waals surface area contributed by atoms with Crippen molar-refractivity contribution in [2.75, 3.05) is 14.1 Å². The maximum Gasteiger partial charge on any atom is 0.0464 e. The molecule has 3 unspecified atom stereocenters. The lowest BCUT2D eigenvalue weighted by atomic mass is 9.69. The number of benzene rings is 1. The summed E-state index contributed by atoms with van der Waals surface area (Å²) in [6, 6.07) is 10.0. The largest absolute Gasteiger partial charge is 0.317 e. The van der Waals surface area contributed by atoms with E-state index in [0.717, 1.165) is 11.1 Å². The van der Waals surface area contributed by atoms with Crippen LogP contribution >= 0.6 is 11.6 Å². The highest BCUT2D eigenvalue weighted by Gasteiger charge is 2.47. The van der Waals surface area contributed by atoms with Gasteiger partial charge in [-0.25, -0.2) is 0 Å². The third kappa shape index (κ3) is 2.86. The molecule has 3 heteroatoms. The summed E-state index contributed by atoms with van der Waals surface area (Å²) in [6.45, 7) is 2.39. The highest BCUT2D eigenvalue weighted by Crippen LogP contribution is 2.48. The van der Waals surface area contributed by atoms with Crippen LogP contribution in [0.5, 0.6) is 0 Å². The second-order valence-electron chi connectivity index (χ2n) is 7.00. The van der Waals surface area contributed by atoms with Crippen molar-refractivity contribution in [2.24, 2.45) is 5.92 Å². The van der Waals surface area contributed by atoms with Gasteiger partial charge in [0.25, 0.3) is 0 Å². The van der Waals surface area contributed by atoms with Crippen molar-refractivity contribution in [3.05, 3.63) is 34.9 Å². The third-order valence-corrected chi connectivity index (χ3v) is 5.99. The van der Waals surface area contributed by atoms with Gasteiger partial charge in [0.1, 0.15) is 0 Å². The van der Waals surface area contributed by atoms with Gasteiger partial charge in [-0.15, -0.1) is 0 Å². The second-order valence-corrected chi connectivity index (χ2v) is 7.43. The zero-order chi connectivity index (χ0) is 15.0. The number of nitrogens with one attached hydrogen (secondary N) is 1. The van der Waals surface area contributed by atoms with Crippen LogP contribution in [0.15, 0.2) is 24.3 Å². The van der Waals surface area contributed by atoms with E-state index in [1.807, 2.05) is 12.1 Å². The lowest BCUT2D eigenvalue weighted by molar-refractivity contribution is 0.0318. The van der Waals surface area contributed by atoms with Crippen LogP contribution in [0, 0.1) is 5.92 Å². The van der Waals surface area contributed by atoms with Crippen LogP contribution in [0.25, 0.3) is 0 Å². The highest BCUT2D eigenvalue weighted by atomic mass is 35.5. The quantitative estimate of drug-likeness (QED) is 0.903. The molecule has 2 fully saturated rings. The lowest BCUT2D eigenvalue weighted by Gasteiger charge is -2.50. The van der Waals surface area contributed by atoms with E-state index in [1.54, 1.807) is 0 Å². The first-order valence-corrected chi connectivity index (χ1v) is 8.61. The molecule has 0 aliphatic heterocycles. The monoisotopic (exact) mass is 306 g/mol. The van der Waals surface area contributed by atoms with Crippen LogP contribution in [0.1, 0.15) is 44.6 Å². The Morgan fingerprint density at radius 3 is 2.38 bits per heavy atom. The topological polar surface area (TPSA) is 15.3 Å². The van der Waals surface area contributed by atoms with Crippen LogP contribution in [0.3, 0.4) is 0 Å². The summed E-state index contributed by atoms with van der Waals surface area (Å²) in [5.74, 6) is 0.695. The Balaban J connectivity index is 1.93. The van der Waals surface area contributed by atoms with Gasteiger partial charge in [0.15, 0.2) is 0 Å².